The van der Waals surface area contributed by atoms with Gasteiger partial charge in [-0.05, 0) is 49.1 Å². The molecule has 2 aromatic rings. The van der Waals surface area contributed by atoms with Crippen molar-refractivity contribution in [3.63, 3.8) is 0 Å². The van der Waals surface area contributed by atoms with Gasteiger partial charge in [0.1, 0.15) is 5.75 Å². The highest BCUT2D eigenvalue weighted by atomic mass is 19.4. The van der Waals surface area contributed by atoms with E-state index in [-0.39, 0.29) is 12.4 Å². The lowest BCUT2D eigenvalue weighted by atomic mass is 10.1. The van der Waals surface area contributed by atoms with Crippen LogP contribution in [0.4, 0.5) is 26.3 Å². The predicted octanol–water partition coefficient (Wildman–Crippen LogP) is 6.13. The highest BCUT2D eigenvalue weighted by Gasteiger charge is 2.34. The van der Waals surface area contributed by atoms with Crippen molar-refractivity contribution in [2.45, 2.75) is 31.6 Å². The summed E-state index contributed by atoms with van der Waals surface area (Å²) >= 11 is 0. The SMILES string of the molecule is FC(F)(F)c1ccc(CCCCOc2ccccc2C(F)(F)F)cc1. The Morgan fingerprint density at radius 1 is 0.720 bits per heavy atom. The molecule has 136 valence electrons. The van der Waals surface area contributed by atoms with Crippen LogP contribution in [-0.2, 0) is 18.8 Å². The van der Waals surface area contributed by atoms with E-state index in [4.69, 9.17) is 4.74 Å². The first-order chi connectivity index (χ1) is 11.7. The van der Waals surface area contributed by atoms with Gasteiger partial charge in [-0.15, -0.1) is 0 Å². The summed E-state index contributed by atoms with van der Waals surface area (Å²) in [6.45, 7) is 0.105. The minimum atomic E-state index is -4.48. The van der Waals surface area contributed by atoms with E-state index in [9.17, 15) is 26.3 Å². The van der Waals surface area contributed by atoms with Crippen LogP contribution >= 0.6 is 0 Å². The summed E-state index contributed by atoms with van der Waals surface area (Å²) in [5.74, 6) is -0.218. The molecule has 0 bridgehead atoms. The Hall–Kier alpha value is -2.18. The number of alkyl halides is 6. The van der Waals surface area contributed by atoms with Crippen molar-refractivity contribution in [2.75, 3.05) is 6.61 Å². The summed E-state index contributed by atoms with van der Waals surface area (Å²) in [4.78, 5) is 0. The minimum absolute atomic E-state index is 0.105. The summed E-state index contributed by atoms with van der Waals surface area (Å²) in [6.07, 6.45) is -7.22. The molecule has 0 saturated heterocycles. The van der Waals surface area contributed by atoms with E-state index in [2.05, 4.69) is 0 Å². The quantitative estimate of drug-likeness (QED) is 0.444. The second-order valence-corrected chi connectivity index (χ2v) is 5.49. The maximum absolute atomic E-state index is 12.8. The number of hydrogen-bond donors (Lipinski definition) is 0. The van der Waals surface area contributed by atoms with Crippen LogP contribution in [0.3, 0.4) is 0 Å². The Labute approximate surface area is 141 Å². The highest BCUT2D eigenvalue weighted by molar-refractivity contribution is 5.35. The van der Waals surface area contributed by atoms with Gasteiger partial charge in [-0.2, -0.15) is 26.3 Å². The van der Waals surface area contributed by atoms with Crippen LogP contribution in [-0.4, -0.2) is 6.61 Å². The van der Waals surface area contributed by atoms with Crippen LogP contribution in [0.25, 0.3) is 0 Å². The molecule has 0 unspecified atom stereocenters. The van der Waals surface area contributed by atoms with Gasteiger partial charge in [-0.1, -0.05) is 24.3 Å². The molecule has 0 aliphatic rings. The normalized spacial score (nSPS) is 12.2. The fourth-order valence-electron chi connectivity index (χ4n) is 2.30. The summed E-state index contributed by atoms with van der Waals surface area (Å²) < 4.78 is 81.0. The van der Waals surface area contributed by atoms with Gasteiger partial charge in [0.05, 0.1) is 17.7 Å². The molecule has 0 aliphatic carbocycles. The smallest absolute Gasteiger partial charge is 0.419 e. The average Bonchev–Trinajstić information content (AvgIpc) is 2.53. The Morgan fingerprint density at radius 2 is 1.36 bits per heavy atom. The lowest BCUT2D eigenvalue weighted by Gasteiger charge is -2.13. The molecule has 1 nitrogen and oxygen atoms in total. The number of aryl methyl sites for hydroxylation is 1. The van der Waals surface area contributed by atoms with E-state index in [1.54, 1.807) is 0 Å². The summed E-state index contributed by atoms with van der Waals surface area (Å²) in [5, 5.41) is 0. The van der Waals surface area contributed by atoms with Crippen LogP contribution in [0.5, 0.6) is 5.75 Å². The number of unbranched alkanes of at least 4 members (excludes halogenated alkanes) is 1. The molecular weight excluding hydrogens is 346 g/mol. The van der Waals surface area contributed by atoms with E-state index < -0.39 is 23.5 Å². The van der Waals surface area contributed by atoms with Crippen molar-refractivity contribution in [3.05, 3.63) is 65.2 Å². The minimum Gasteiger partial charge on any atom is -0.493 e. The molecule has 0 amide bonds. The van der Waals surface area contributed by atoms with E-state index in [0.717, 1.165) is 23.8 Å². The van der Waals surface area contributed by atoms with E-state index in [0.29, 0.717) is 19.3 Å². The first-order valence-corrected chi connectivity index (χ1v) is 7.63. The lowest BCUT2D eigenvalue weighted by molar-refractivity contribution is -0.139. The van der Waals surface area contributed by atoms with Crippen LogP contribution in [0.15, 0.2) is 48.5 Å². The molecule has 0 heterocycles. The number of benzene rings is 2. The third-order valence-corrected chi connectivity index (χ3v) is 3.59. The predicted molar refractivity (Wildman–Crippen MR) is 81.3 cm³/mol. The summed E-state index contributed by atoms with van der Waals surface area (Å²) in [7, 11) is 0. The van der Waals surface area contributed by atoms with E-state index in [1.807, 2.05) is 0 Å². The Bertz CT molecular complexity index is 673. The van der Waals surface area contributed by atoms with Gasteiger partial charge >= 0.3 is 12.4 Å². The monoisotopic (exact) mass is 362 g/mol. The van der Waals surface area contributed by atoms with Crippen LogP contribution in [0.1, 0.15) is 29.5 Å². The number of rotatable bonds is 6. The molecule has 0 saturated carbocycles. The van der Waals surface area contributed by atoms with Gasteiger partial charge in [-0.3, -0.25) is 0 Å². The molecule has 0 spiro atoms. The molecule has 2 aromatic carbocycles. The highest BCUT2D eigenvalue weighted by Crippen LogP contribution is 2.36. The van der Waals surface area contributed by atoms with Crippen molar-refractivity contribution in [2.24, 2.45) is 0 Å². The first-order valence-electron chi connectivity index (χ1n) is 7.63. The van der Waals surface area contributed by atoms with E-state index >= 15 is 0 Å². The third kappa shape index (κ3) is 5.69. The van der Waals surface area contributed by atoms with Gasteiger partial charge in [0.25, 0.3) is 0 Å². The molecule has 0 fully saturated rings. The fourth-order valence-corrected chi connectivity index (χ4v) is 2.30. The molecule has 25 heavy (non-hydrogen) atoms. The van der Waals surface area contributed by atoms with Crippen LogP contribution in [0, 0.1) is 0 Å². The number of halogens is 6. The topological polar surface area (TPSA) is 9.23 Å². The molecular formula is C18H16F6O. The molecule has 7 heteroatoms. The van der Waals surface area contributed by atoms with Gasteiger partial charge in [0, 0.05) is 0 Å². The molecule has 0 aliphatic heterocycles. The first kappa shape index (κ1) is 19.1. The van der Waals surface area contributed by atoms with Crippen molar-refractivity contribution in [3.8, 4) is 5.75 Å². The molecule has 0 aromatic heterocycles. The maximum atomic E-state index is 12.8. The average molecular weight is 362 g/mol. The molecule has 0 N–H and O–H groups in total. The zero-order valence-electron chi connectivity index (χ0n) is 13.1. The third-order valence-electron chi connectivity index (χ3n) is 3.59. The number of para-hydroxylation sites is 1. The molecule has 0 radical (unpaired) electrons. The number of hydrogen-bond acceptors (Lipinski definition) is 1. The summed E-state index contributed by atoms with van der Waals surface area (Å²) in [5.41, 5.74) is -0.787. The number of ether oxygens (including phenoxy) is 1. The van der Waals surface area contributed by atoms with Gasteiger partial charge in [-0.25, -0.2) is 0 Å². The van der Waals surface area contributed by atoms with E-state index in [1.165, 1.54) is 30.3 Å². The fraction of sp³-hybridized carbons (Fsp3) is 0.333. The van der Waals surface area contributed by atoms with Crippen LogP contribution < -0.4 is 4.74 Å². The Kier molecular flexibility index (Phi) is 5.98. The second-order valence-electron chi connectivity index (χ2n) is 5.49. The standard InChI is InChI=1S/C18H16F6O/c19-17(20,21)14-10-8-13(9-11-14)5-3-4-12-25-16-7-2-1-6-15(16)18(22,23)24/h1-2,6-11H,3-5,12H2. The summed E-state index contributed by atoms with van der Waals surface area (Å²) in [6, 6.07) is 9.82. The van der Waals surface area contributed by atoms with Crippen molar-refractivity contribution < 1.29 is 31.1 Å². The van der Waals surface area contributed by atoms with Gasteiger partial charge < -0.3 is 4.74 Å². The molecule has 0 atom stereocenters. The Morgan fingerprint density at radius 3 is 1.96 bits per heavy atom. The lowest BCUT2D eigenvalue weighted by Crippen LogP contribution is -2.09. The van der Waals surface area contributed by atoms with Crippen molar-refractivity contribution in [1.82, 2.24) is 0 Å². The van der Waals surface area contributed by atoms with Crippen molar-refractivity contribution in [1.29, 1.82) is 0 Å². The van der Waals surface area contributed by atoms with Crippen molar-refractivity contribution >= 4 is 0 Å². The zero-order valence-corrected chi connectivity index (χ0v) is 13.1. The van der Waals surface area contributed by atoms with Gasteiger partial charge in [0.15, 0.2) is 0 Å². The molecule has 2 rings (SSSR count). The zero-order chi connectivity index (χ0) is 18.5. The second kappa shape index (κ2) is 7.80. The van der Waals surface area contributed by atoms with Crippen LogP contribution in [0.2, 0.25) is 0 Å². The maximum Gasteiger partial charge on any atom is 0.419 e. The Balaban J connectivity index is 1.79. The van der Waals surface area contributed by atoms with Gasteiger partial charge in [0.2, 0.25) is 0 Å². The largest absolute Gasteiger partial charge is 0.493 e.